The Morgan fingerprint density at radius 1 is 1.14 bits per heavy atom. The van der Waals surface area contributed by atoms with Crippen LogP contribution in [0.1, 0.15) is 18.4 Å². The molecule has 116 valence electrons. The number of unbranched alkanes of at least 4 members (excludes halogenated alkanes) is 1. The zero-order valence-corrected chi connectivity index (χ0v) is 12.9. The minimum atomic E-state index is -4.10. The third-order valence-corrected chi connectivity index (χ3v) is 3.50. The molecule has 0 bridgehead atoms. The number of benzene rings is 1. The van der Waals surface area contributed by atoms with Gasteiger partial charge < -0.3 is 14.0 Å². The number of methoxy groups -OCH3 is 2. The van der Waals surface area contributed by atoms with Gasteiger partial charge in [-0.05, 0) is 30.5 Å². The second-order valence-electron chi connectivity index (χ2n) is 4.31. The molecule has 6 heteroatoms. The van der Waals surface area contributed by atoms with Gasteiger partial charge >= 0.3 is 0 Å². The maximum absolute atomic E-state index is 10.4. The van der Waals surface area contributed by atoms with Crippen molar-refractivity contribution in [2.24, 2.45) is 0 Å². The lowest BCUT2D eigenvalue weighted by molar-refractivity contribution is 0.355. The molecule has 0 heterocycles. The van der Waals surface area contributed by atoms with Crippen molar-refractivity contribution < 1.29 is 22.4 Å². The average molecular weight is 311 g/mol. The highest BCUT2D eigenvalue weighted by Crippen LogP contribution is 2.27. The van der Waals surface area contributed by atoms with Crippen LogP contribution in [0, 0.1) is 0 Å². The van der Waals surface area contributed by atoms with Gasteiger partial charge in [-0.2, -0.15) is 0 Å². The fourth-order valence-corrected chi connectivity index (χ4v) is 2.20. The number of ether oxygens (including phenoxy) is 2. The van der Waals surface area contributed by atoms with Crippen LogP contribution in [0.2, 0.25) is 0 Å². The molecule has 21 heavy (non-hydrogen) atoms. The van der Waals surface area contributed by atoms with Gasteiger partial charge in [0.25, 0.3) is 0 Å². The van der Waals surface area contributed by atoms with Crippen LogP contribution < -0.4 is 9.47 Å². The van der Waals surface area contributed by atoms with Crippen LogP contribution in [0.5, 0.6) is 11.5 Å². The lowest BCUT2D eigenvalue weighted by Crippen LogP contribution is -2.03. The van der Waals surface area contributed by atoms with Gasteiger partial charge in [-0.25, -0.2) is 8.42 Å². The first-order valence-corrected chi connectivity index (χ1v) is 8.03. The van der Waals surface area contributed by atoms with Crippen molar-refractivity contribution in [1.82, 2.24) is 0 Å². The van der Waals surface area contributed by atoms with Crippen molar-refractivity contribution in [3.63, 3.8) is 0 Å². The predicted octanol–water partition coefficient (Wildman–Crippen LogP) is 2.60. The third-order valence-electron chi connectivity index (χ3n) is 2.71. The standard InChI is InChI=1S/C15H20O5S/c1-19-14-10-9-13(12-15(14)20-2)8-6-4-3-5-7-11-21(16,17)18/h3-4,6,8-10,12H,5,7,11H2,1-2H3,(H,16,17,18)/p-1/b4-3+,8-6+. The first kappa shape index (κ1) is 17.3. The van der Waals surface area contributed by atoms with Gasteiger partial charge in [0.2, 0.25) is 0 Å². The molecule has 0 radical (unpaired) electrons. The van der Waals surface area contributed by atoms with Crippen LogP contribution >= 0.6 is 0 Å². The summed E-state index contributed by atoms with van der Waals surface area (Å²) in [6.07, 6.45) is 8.26. The van der Waals surface area contributed by atoms with Crippen LogP contribution in [-0.2, 0) is 10.1 Å². The van der Waals surface area contributed by atoms with Crippen LogP contribution in [0.3, 0.4) is 0 Å². The van der Waals surface area contributed by atoms with Gasteiger partial charge in [0.15, 0.2) is 11.5 Å². The molecule has 0 fully saturated rings. The highest BCUT2D eigenvalue weighted by molar-refractivity contribution is 7.85. The Kier molecular flexibility index (Phi) is 6.98. The van der Waals surface area contributed by atoms with E-state index in [0.717, 1.165) is 5.56 Å². The lowest BCUT2D eigenvalue weighted by atomic mass is 10.2. The fourth-order valence-electron chi connectivity index (χ4n) is 1.68. The molecule has 1 aromatic rings. The molecule has 1 aromatic carbocycles. The zero-order chi connectivity index (χ0) is 15.7. The van der Waals surface area contributed by atoms with Crippen molar-refractivity contribution in [2.45, 2.75) is 12.8 Å². The molecule has 0 saturated heterocycles. The Hall–Kier alpha value is -1.79. The van der Waals surface area contributed by atoms with E-state index >= 15 is 0 Å². The molecule has 0 aliphatic carbocycles. The Labute approximate surface area is 125 Å². The smallest absolute Gasteiger partial charge is 0.161 e. The van der Waals surface area contributed by atoms with E-state index in [1.807, 2.05) is 42.5 Å². The summed E-state index contributed by atoms with van der Waals surface area (Å²) in [6, 6.07) is 5.57. The molecule has 0 atom stereocenters. The topological polar surface area (TPSA) is 75.7 Å². The normalized spacial score (nSPS) is 12.1. The van der Waals surface area contributed by atoms with Crippen LogP contribution in [0.25, 0.3) is 6.08 Å². The molecule has 0 saturated carbocycles. The molecular formula is C15H19O5S-. The van der Waals surface area contributed by atoms with Crippen LogP contribution in [0.4, 0.5) is 0 Å². The van der Waals surface area contributed by atoms with Crippen LogP contribution in [0.15, 0.2) is 36.4 Å². The van der Waals surface area contributed by atoms with E-state index in [4.69, 9.17) is 9.47 Å². The summed E-state index contributed by atoms with van der Waals surface area (Å²) in [4.78, 5) is 0. The first-order valence-electron chi connectivity index (χ1n) is 6.45. The minimum absolute atomic E-state index is 0.323. The zero-order valence-electron chi connectivity index (χ0n) is 12.1. The lowest BCUT2D eigenvalue weighted by Gasteiger charge is -2.07. The molecule has 0 spiro atoms. The van der Waals surface area contributed by atoms with Gasteiger partial charge in [-0.15, -0.1) is 0 Å². The molecule has 0 aromatic heterocycles. The first-order chi connectivity index (χ1) is 9.96. The monoisotopic (exact) mass is 311 g/mol. The molecule has 0 amide bonds. The predicted molar refractivity (Wildman–Crippen MR) is 81.5 cm³/mol. The molecule has 1 rings (SSSR count). The van der Waals surface area contributed by atoms with E-state index < -0.39 is 10.1 Å². The second-order valence-corrected chi connectivity index (χ2v) is 5.83. The third kappa shape index (κ3) is 6.97. The van der Waals surface area contributed by atoms with Crippen molar-refractivity contribution in [3.8, 4) is 11.5 Å². The van der Waals surface area contributed by atoms with E-state index in [-0.39, 0.29) is 5.75 Å². The van der Waals surface area contributed by atoms with E-state index in [1.165, 1.54) is 0 Å². The number of hydrogen-bond donors (Lipinski definition) is 0. The highest BCUT2D eigenvalue weighted by atomic mass is 32.2. The summed E-state index contributed by atoms with van der Waals surface area (Å²) in [5.41, 5.74) is 0.958. The Balaban J connectivity index is 2.50. The molecule has 5 nitrogen and oxygen atoms in total. The largest absolute Gasteiger partial charge is 0.748 e. The highest BCUT2D eigenvalue weighted by Gasteiger charge is 2.01. The van der Waals surface area contributed by atoms with Gasteiger partial charge in [-0.1, -0.05) is 30.4 Å². The van der Waals surface area contributed by atoms with E-state index in [2.05, 4.69) is 0 Å². The maximum Gasteiger partial charge on any atom is 0.161 e. The molecule has 0 N–H and O–H groups in total. The van der Waals surface area contributed by atoms with Gasteiger partial charge in [0.05, 0.1) is 24.3 Å². The minimum Gasteiger partial charge on any atom is -0.748 e. The van der Waals surface area contributed by atoms with Crippen LogP contribution in [-0.4, -0.2) is 32.9 Å². The van der Waals surface area contributed by atoms with Gasteiger partial charge in [0.1, 0.15) is 0 Å². The van der Waals surface area contributed by atoms with E-state index in [0.29, 0.717) is 24.3 Å². The van der Waals surface area contributed by atoms with Crippen molar-refractivity contribution in [3.05, 3.63) is 42.0 Å². The van der Waals surface area contributed by atoms with Crippen molar-refractivity contribution >= 4 is 16.2 Å². The summed E-state index contributed by atoms with van der Waals surface area (Å²) >= 11 is 0. The number of rotatable bonds is 8. The van der Waals surface area contributed by atoms with Crippen molar-refractivity contribution in [1.29, 1.82) is 0 Å². The molecule has 0 unspecified atom stereocenters. The quantitative estimate of drug-likeness (QED) is 0.419. The fraction of sp³-hybridized carbons (Fsp3) is 0.333. The molecular weight excluding hydrogens is 292 g/mol. The maximum atomic E-state index is 10.4. The Bertz CT molecular complexity index is 602. The number of allylic oxidation sites excluding steroid dienone is 3. The van der Waals surface area contributed by atoms with Gasteiger partial charge in [0, 0.05) is 5.75 Å². The number of hydrogen-bond acceptors (Lipinski definition) is 5. The summed E-state index contributed by atoms with van der Waals surface area (Å²) in [5, 5.41) is 0. The average Bonchev–Trinajstić information content (AvgIpc) is 2.44. The SMILES string of the molecule is COc1ccc(/C=C/C=C/CCCS(=O)(=O)[O-])cc1OC. The Morgan fingerprint density at radius 2 is 1.86 bits per heavy atom. The summed E-state index contributed by atoms with van der Waals surface area (Å²) < 4.78 is 41.6. The van der Waals surface area contributed by atoms with E-state index in [9.17, 15) is 13.0 Å². The van der Waals surface area contributed by atoms with Crippen molar-refractivity contribution in [2.75, 3.05) is 20.0 Å². The second kappa shape index (κ2) is 8.49. The molecule has 0 aliphatic rings. The van der Waals surface area contributed by atoms with Gasteiger partial charge in [-0.3, -0.25) is 0 Å². The Morgan fingerprint density at radius 3 is 2.48 bits per heavy atom. The summed E-state index contributed by atoms with van der Waals surface area (Å²) in [5.74, 6) is 1.00. The van der Waals surface area contributed by atoms with E-state index in [1.54, 1.807) is 14.2 Å². The molecule has 0 aliphatic heterocycles. The summed E-state index contributed by atoms with van der Waals surface area (Å²) in [7, 11) is -0.942. The summed E-state index contributed by atoms with van der Waals surface area (Å²) in [6.45, 7) is 0.